The smallest absolute Gasteiger partial charge is 0.132 e. The summed E-state index contributed by atoms with van der Waals surface area (Å²) in [4.78, 5) is 9.01. The monoisotopic (exact) mass is 592 g/mol. The second-order valence-electron chi connectivity index (χ2n) is 10.4. The van der Waals surface area contributed by atoms with Gasteiger partial charge in [-0.25, -0.2) is 9.37 Å². The summed E-state index contributed by atoms with van der Waals surface area (Å²) in [5.74, 6) is 1.36. The quantitative estimate of drug-likeness (QED) is 0.238. The van der Waals surface area contributed by atoms with Crippen LogP contribution in [0.4, 0.5) is 4.39 Å². The predicted molar refractivity (Wildman–Crippen MR) is 166 cm³/mol. The number of hydrogen-bond acceptors (Lipinski definition) is 6. The molecule has 9 heteroatoms. The summed E-state index contributed by atoms with van der Waals surface area (Å²) in [6.45, 7) is 8.05. The van der Waals surface area contributed by atoms with E-state index in [1.165, 1.54) is 11.6 Å². The van der Waals surface area contributed by atoms with Crippen LogP contribution in [0.25, 0.3) is 5.69 Å². The molecule has 0 bridgehead atoms. The molecule has 0 saturated heterocycles. The molecule has 222 valence electrons. The fourth-order valence-corrected chi connectivity index (χ4v) is 4.72. The minimum Gasteiger partial charge on any atom is -0.491 e. The van der Waals surface area contributed by atoms with Gasteiger partial charge in [-0.1, -0.05) is 49.7 Å². The minimum absolute atomic E-state index is 0.293. The maximum atomic E-state index is 14.3. The zero-order valence-corrected chi connectivity index (χ0v) is 25.2. The van der Waals surface area contributed by atoms with Crippen molar-refractivity contribution >= 4 is 17.3 Å². The molecule has 1 aromatic heterocycles. The average molecular weight is 593 g/mol. The molecule has 1 unspecified atom stereocenters. The Hall–Kier alpha value is -3.56. The Morgan fingerprint density at radius 2 is 1.83 bits per heavy atom. The van der Waals surface area contributed by atoms with Gasteiger partial charge in [0.25, 0.3) is 0 Å². The van der Waals surface area contributed by atoms with E-state index < -0.39 is 6.10 Å². The first-order valence-electron chi connectivity index (χ1n) is 14.0. The lowest BCUT2D eigenvalue weighted by Crippen LogP contribution is -2.35. The van der Waals surface area contributed by atoms with Crippen LogP contribution in [0.3, 0.4) is 0 Å². The van der Waals surface area contributed by atoms with E-state index in [2.05, 4.69) is 15.3 Å². The molecule has 5 rings (SSSR count). The second-order valence-corrected chi connectivity index (χ2v) is 10.8. The lowest BCUT2D eigenvalue weighted by molar-refractivity contribution is 0.104. The zero-order chi connectivity index (χ0) is 30.1. The van der Waals surface area contributed by atoms with E-state index in [9.17, 15) is 9.50 Å². The van der Waals surface area contributed by atoms with Crippen LogP contribution in [0.15, 0.2) is 77.9 Å². The Kier molecular flexibility index (Phi) is 11.3. The third-order valence-corrected chi connectivity index (χ3v) is 6.95. The molecule has 0 radical (unpaired) electrons. The van der Waals surface area contributed by atoms with Crippen LogP contribution in [-0.4, -0.2) is 59.4 Å². The minimum atomic E-state index is -0.490. The van der Waals surface area contributed by atoms with Crippen LogP contribution in [0.1, 0.15) is 42.1 Å². The molecule has 0 saturated carbocycles. The normalized spacial score (nSPS) is 12.9. The number of aliphatic imine (C=N–C) groups is 1. The first-order chi connectivity index (χ1) is 20.3. The maximum absolute atomic E-state index is 14.3. The molecule has 1 aliphatic rings. The van der Waals surface area contributed by atoms with Crippen molar-refractivity contribution in [3.8, 4) is 11.4 Å². The van der Waals surface area contributed by atoms with Gasteiger partial charge in [-0.2, -0.15) is 0 Å². The van der Waals surface area contributed by atoms with Crippen molar-refractivity contribution in [2.75, 3.05) is 26.9 Å². The third-order valence-electron chi connectivity index (χ3n) is 6.72. The van der Waals surface area contributed by atoms with Gasteiger partial charge >= 0.3 is 0 Å². The number of aliphatic hydroxyl groups is 1. The van der Waals surface area contributed by atoms with Gasteiger partial charge in [0.1, 0.15) is 30.1 Å². The highest BCUT2D eigenvalue weighted by Crippen LogP contribution is 2.29. The molecule has 7 nitrogen and oxygen atoms in total. The van der Waals surface area contributed by atoms with Gasteiger partial charge < -0.3 is 19.9 Å². The van der Waals surface area contributed by atoms with Gasteiger partial charge in [-0.3, -0.25) is 9.56 Å². The fourth-order valence-electron chi connectivity index (χ4n) is 4.55. The van der Waals surface area contributed by atoms with Crippen molar-refractivity contribution in [3.05, 3.63) is 112 Å². The van der Waals surface area contributed by atoms with E-state index in [1.54, 1.807) is 19.2 Å². The third kappa shape index (κ3) is 8.26. The number of aliphatic hydroxyl groups excluding tert-OH is 1. The van der Waals surface area contributed by atoms with Crippen molar-refractivity contribution in [1.82, 2.24) is 14.9 Å². The van der Waals surface area contributed by atoms with Gasteiger partial charge in [-0.15, -0.1) is 0 Å². The molecular formula is C33H38ClFN4O3. The highest BCUT2D eigenvalue weighted by molar-refractivity contribution is 6.31. The van der Waals surface area contributed by atoms with Crippen molar-refractivity contribution in [3.63, 3.8) is 0 Å². The largest absolute Gasteiger partial charge is 0.491 e. The number of nitrogens with zero attached hydrogens (tertiary/aromatic N) is 3. The molecule has 0 aliphatic carbocycles. The Bertz CT molecular complexity index is 1490. The second kappa shape index (κ2) is 15.1. The molecule has 1 atom stereocenters. The van der Waals surface area contributed by atoms with E-state index in [1.807, 2.05) is 80.1 Å². The zero-order valence-electron chi connectivity index (χ0n) is 24.5. The molecule has 2 N–H and O–H groups in total. The van der Waals surface area contributed by atoms with Crippen molar-refractivity contribution in [2.24, 2.45) is 4.99 Å². The number of benzene rings is 3. The number of imidazole rings is 1. The summed E-state index contributed by atoms with van der Waals surface area (Å²) in [6.07, 6.45) is 2.22. The van der Waals surface area contributed by atoms with E-state index in [4.69, 9.17) is 21.1 Å². The van der Waals surface area contributed by atoms with Crippen LogP contribution >= 0.6 is 11.6 Å². The number of aryl methyl sites for hydroxylation is 1. The number of halogens is 2. The number of aromatic nitrogens is 2. The average Bonchev–Trinajstić information content (AvgIpc) is 3.27. The van der Waals surface area contributed by atoms with E-state index in [0.29, 0.717) is 42.0 Å². The summed E-state index contributed by atoms with van der Waals surface area (Å²) in [7, 11) is 1.70. The van der Waals surface area contributed by atoms with Crippen LogP contribution in [0, 0.1) is 12.7 Å². The number of hydrogen-bond donors (Lipinski definition) is 2. The lowest BCUT2D eigenvalue weighted by atomic mass is 10.00. The van der Waals surface area contributed by atoms with Gasteiger partial charge in [0.2, 0.25) is 0 Å². The van der Waals surface area contributed by atoms with Crippen molar-refractivity contribution in [1.29, 1.82) is 0 Å². The molecule has 1 aliphatic heterocycles. The van der Waals surface area contributed by atoms with Crippen LogP contribution in [-0.2, 0) is 17.7 Å². The molecule has 0 fully saturated rings. The lowest BCUT2D eigenvalue weighted by Gasteiger charge is -2.15. The van der Waals surface area contributed by atoms with Crippen LogP contribution < -0.4 is 10.1 Å². The van der Waals surface area contributed by atoms with Crippen LogP contribution in [0.2, 0.25) is 5.02 Å². The Labute approximate surface area is 252 Å². The van der Waals surface area contributed by atoms with Gasteiger partial charge in [0.15, 0.2) is 0 Å². The summed E-state index contributed by atoms with van der Waals surface area (Å²) >= 11 is 6.19. The fraction of sp³-hybridized carbons (Fsp3) is 0.333. The van der Waals surface area contributed by atoms with E-state index in [-0.39, 0.29) is 5.82 Å². The Morgan fingerprint density at radius 3 is 2.55 bits per heavy atom. The van der Waals surface area contributed by atoms with E-state index >= 15 is 0 Å². The Balaban J connectivity index is 0.000000198. The van der Waals surface area contributed by atoms with E-state index in [0.717, 1.165) is 41.5 Å². The number of nitrogens with one attached hydrogen (secondary N) is 1. The molecule has 42 heavy (non-hydrogen) atoms. The van der Waals surface area contributed by atoms with Crippen LogP contribution in [0.5, 0.6) is 5.75 Å². The van der Waals surface area contributed by atoms with Crippen molar-refractivity contribution in [2.45, 2.75) is 45.9 Å². The molecular weight excluding hydrogens is 555 g/mol. The number of rotatable bonds is 10. The highest BCUT2D eigenvalue weighted by atomic mass is 35.5. The summed E-state index contributed by atoms with van der Waals surface area (Å²) in [6, 6.07) is 20.5. The summed E-state index contributed by atoms with van der Waals surface area (Å²) < 4.78 is 26.9. The molecule has 3 aromatic carbocycles. The molecule has 0 spiro atoms. The number of ether oxygens (including phenoxy) is 2. The summed E-state index contributed by atoms with van der Waals surface area (Å²) in [5.41, 5.74) is 5.01. The standard InChI is InChI=1S/C18H13ClFN3.C15H25NO3/c1-11-21-9-13-10-22-18(14-4-2-3-5-16(14)20)15-8-12(19)6-7-17(15)23(11)13;1-12(2)16-10-14(17)11-19-15-6-4-13(5-7-15)8-9-18-3/h2-9H,10H2,1H3;4-7,12,14,16-17H,8-11H2,1-3H3. The first kappa shape index (κ1) is 31.4. The van der Waals surface area contributed by atoms with Crippen molar-refractivity contribution < 1.29 is 19.0 Å². The maximum Gasteiger partial charge on any atom is 0.132 e. The number of methoxy groups -OCH3 is 1. The SMILES string of the molecule is COCCc1ccc(OCC(O)CNC(C)C)cc1.Cc1ncc2n1-c1ccc(Cl)cc1C(c1ccccc1F)=NC2. The van der Waals surface area contributed by atoms with Gasteiger partial charge in [-0.05, 0) is 61.4 Å². The highest BCUT2D eigenvalue weighted by Gasteiger charge is 2.22. The Morgan fingerprint density at radius 1 is 1.07 bits per heavy atom. The first-order valence-corrected chi connectivity index (χ1v) is 14.4. The predicted octanol–water partition coefficient (Wildman–Crippen LogP) is 5.94. The van der Waals surface area contributed by atoms with Gasteiger partial charge in [0, 0.05) is 35.8 Å². The number of fused-ring (bicyclic) bond motifs is 3. The summed E-state index contributed by atoms with van der Waals surface area (Å²) in [5, 5.41) is 13.5. The molecule has 4 aromatic rings. The topological polar surface area (TPSA) is 80.9 Å². The van der Waals surface area contributed by atoms with Gasteiger partial charge in [0.05, 0.1) is 36.4 Å². The molecule has 2 heterocycles. The molecule has 0 amide bonds.